The standard InChI is InChI=1S/C14H17F3N2O2/c1-19(9-13(20)18-11-4-5-11)8-10-2-6-12(7-3-10)21-14(15,16)17/h2-3,6-7,11H,4-5,8-9H2,1H3,(H,18,20). The molecule has 1 aromatic rings. The smallest absolute Gasteiger partial charge is 0.406 e. The Bertz CT molecular complexity index is 484. The van der Waals surface area contributed by atoms with Gasteiger partial charge < -0.3 is 10.1 Å². The lowest BCUT2D eigenvalue weighted by atomic mass is 10.2. The molecule has 0 saturated heterocycles. The molecule has 116 valence electrons. The van der Waals surface area contributed by atoms with Gasteiger partial charge in [-0.1, -0.05) is 12.1 Å². The van der Waals surface area contributed by atoms with Crippen LogP contribution in [0.5, 0.6) is 5.75 Å². The summed E-state index contributed by atoms with van der Waals surface area (Å²) in [6.45, 7) is 0.738. The van der Waals surface area contributed by atoms with Gasteiger partial charge in [-0.2, -0.15) is 0 Å². The van der Waals surface area contributed by atoms with Gasteiger partial charge in [-0.05, 0) is 37.6 Å². The van der Waals surface area contributed by atoms with Gasteiger partial charge in [0.1, 0.15) is 5.75 Å². The van der Waals surface area contributed by atoms with Gasteiger partial charge in [0, 0.05) is 12.6 Å². The Hall–Kier alpha value is -1.76. The van der Waals surface area contributed by atoms with Crippen LogP contribution >= 0.6 is 0 Å². The van der Waals surface area contributed by atoms with Gasteiger partial charge in [0.05, 0.1) is 6.54 Å². The summed E-state index contributed by atoms with van der Waals surface area (Å²) in [6, 6.07) is 5.96. The van der Waals surface area contributed by atoms with Gasteiger partial charge in [-0.25, -0.2) is 0 Å². The van der Waals surface area contributed by atoms with Gasteiger partial charge >= 0.3 is 6.36 Å². The van der Waals surface area contributed by atoms with Crippen LogP contribution in [0.15, 0.2) is 24.3 Å². The van der Waals surface area contributed by atoms with Crippen LogP contribution in [0, 0.1) is 0 Å². The van der Waals surface area contributed by atoms with Crippen molar-refractivity contribution in [3.63, 3.8) is 0 Å². The van der Waals surface area contributed by atoms with Crippen LogP contribution in [-0.2, 0) is 11.3 Å². The molecule has 1 aromatic carbocycles. The number of carbonyl (C=O) groups is 1. The number of likely N-dealkylation sites (N-methyl/N-ethyl adjacent to an activating group) is 1. The Morgan fingerprint density at radius 3 is 2.48 bits per heavy atom. The summed E-state index contributed by atoms with van der Waals surface area (Å²) >= 11 is 0. The van der Waals surface area contributed by atoms with Crippen molar-refractivity contribution < 1.29 is 22.7 Å². The number of ether oxygens (including phenoxy) is 1. The van der Waals surface area contributed by atoms with E-state index in [1.165, 1.54) is 12.1 Å². The molecule has 0 unspecified atom stereocenters. The zero-order valence-corrected chi connectivity index (χ0v) is 11.6. The van der Waals surface area contributed by atoms with E-state index in [1.807, 2.05) is 0 Å². The SMILES string of the molecule is CN(CC(=O)NC1CC1)Cc1ccc(OC(F)(F)F)cc1. The minimum atomic E-state index is -4.68. The maximum atomic E-state index is 12.0. The van der Waals surface area contributed by atoms with Crippen LogP contribution in [0.25, 0.3) is 0 Å². The molecule has 0 heterocycles. The van der Waals surface area contributed by atoms with Gasteiger partial charge in [0.25, 0.3) is 0 Å². The van der Waals surface area contributed by atoms with E-state index in [0.717, 1.165) is 18.4 Å². The molecule has 1 aliphatic rings. The van der Waals surface area contributed by atoms with Crippen molar-refractivity contribution in [3.8, 4) is 5.75 Å². The van der Waals surface area contributed by atoms with E-state index in [-0.39, 0.29) is 18.2 Å². The predicted octanol–water partition coefficient (Wildman–Crippen LogP) is 2.30. The number of benzene rings is 1. The number of hydrogen-bond donors (Lipinski definition) is 1. The van der Waals surface area contributed by atoms with Gasteiger partial charge in [0.2, 0.25) is 5.91 Å². The molecule has 1 saturated carbocycles. The van der Waals surface area contributed by atoms with Crippen molar-refractivity contribution in [1.29, 1.82) is 0 Å². The fourth-order valence-corrected chi connectivity index (χ4v) is 1.91. The maximum Gasteiger partial charge on any atom is 0.573 e. The molecule has 0 aromatic heterocycles. The Labute approximate surface area is 120 Å². The van der Waals surface area contributed by atoms with Crippen molar-refractivity contribution in [3.05, 3.63) is 29.8 Å². The number of amides is 1. The second-order valence-electron chi connectivity index (χ2n) is 5.21. The van der Waals surface area contributed by atoms with Crippen LogP contribution in [0.1, 0.15) is 18.4 Å². The number of halogens is 3. The highest BCUT2D eigenvalue weighted by molar-refractivity contribution is 5.78. The zero-order valence-electron chi connectivity index (χ0n) is 11.6. The number of alkyl halides is 3. The minimum Gasteiger partial charge on any atom is -0.406 e. The molecule has 0 bridgehead atoms. The third-order valence-corrected chi connectivity index (χ3v) is 2.97. The topological polar surface area (TPSA) is 41.6 Å². The third-order valence-electron chi connectivity index (χ3n) is 2.97. The summed E-state index contributed by atoms with van der Waals surface area (Å²) in [5.41, 5.74) is 0.811. The van der Waals surface area contributed by atoms with Gasteiger partial charge in [-0.15, -0.1) is 13.2 Å². The summed E-state index contributed by atoms with van der Waals surface area (Å²) in [5.74, 6) is -0.280. The van der Waals surface area contributed by atoms with E-state index in [9.17, 15) is 18.0 Å². The molecule has 0 radical (unpaired) electrons. The lowest BCUT2D eigenvalue weighted by Crippen LogP contribution is -2.35. The Balaban J connectivity index is 1.80. The number of carbonyl (C=O) groups excluding carboxylic acids is 1. The zero-order chi connectivity index (χ0) is 15.5. The largest absolute Gasteiger partial charge is 0.573 e. The van der Waals surface area contributed by atoms with Crippen molar-refractivity contribution in [2.45, 2.75) is 31.8 Å². The molecule has 1 N–H and O–H groups in total. The van der Waals surface area contributed by atoms with E-state index in [0.29, 0.717) is 12.6 Å². The summed E-state index contributed by atoms with van der Waals surface area (Å²) in [4.78, 5) is 13.4. The number of hydrogen-bond acceptors (Lipinski definition) is 3. The first-order valence-corrected chi connectivity index (χ1v) is 6.64. The maximum absolute atomic E-state index is 12.0. The van der Waals surface area contributed by atoms with E-state index in [2.05, 4.69) is 10.1 Å². The fourth-order valence-electron chi connectivity index (χ4n) is 1.91. The Kier molecular flexibility index (Phi) is 4.72. The molecular formula is C14H17F3N2O2. The molecule has 4 nitrogen and oxygen atoms in total. The lowest BCUT2D eigenvalue weighted by molar-refractivity contribution is -0.274. The average molecular weight is 302 g/mol. The van der Waals surface area contributed by atoms with Crippen LogP contribution in [0.4, 0.5) is 13.2 Å². The summed E-state index contributed by atoms with van der Waals surface area (Å²) in [7, 11) is 1.78. The second kappa shape index (κ2) is 6.34. The first-order chi connectivity index (χ1) is 9.82. The van der Waals surface area contributed by atoms with Crippen molar-refractivity contribution >= 4 is 5.91 Å². The minimum absolute atomic E-state index is 0.0305. The molecular weight excluding hydrogens is 285 g/mol. The number of nitrogens with zero attached hydrogens (tertiary/aromatic N) is 1. The quantitative estimate of drug-likeness (QED) is 0.876. The first-order valence-electron chi connectivity index (χ1n) is 6.64. The van der Waals surface area contributed by atoms with Crippen molar-refractivity contribution in [2.75, 3.05) is 13.6 Å². The highest BCUT2D eigenvalue weighted by atomic mass is 19.4. The van der Waals surface area contributed by atoms with Crippen LogP contribution in [0.3, 0.4) is 0 Å². The average Bonchev–Trinajstić information content (AvgIpc) is 3.13. The predicted molar refractivity (Wildman–Crippen MR) is 70.6 cm³/mol. The monoisotopic (exact) mass is 302 g/mol. The van der Waals surface area contributed by atoms with Crippen LogP contribution in [0.2, 0.25) is 0 Å². The Morgan fingerprint density at radius 1 is 1.33 bits per heavy atom. The second-order valence-corrected chi connectivity index (χ2v) is 5.21. The lowest BCUT2D eigenvalue weighted by Gasteiger charge is -2.16. The molecule has 1 fully saturated rings. The molecule has 1 aliphatic carbocycles. The van der Waals surface area contributed by atoms with Crippen LogP contribution < -0.4 is 10.1 Å². The third kappa shape index (κ3) is 6.03. The van der Waals surface area contributed by atoms with Crippen LogP contribution in [-0.4, -0.2) is 36.8 Å². The van der Waals surface area contributed by atoms with E-state index in [4.69, 9.17) is 0 Å². The van der Waals surface area contributed by atoms with Gasteiger partial charge in [-0.3, -0.25) is 9.69 Å². The summed E-state index contributed by atoms with van der Waals surface area (Å²) in [6.07, 6.45) is -2.61. The van der Waals surface area contributed by atoms with Gasteiger partial charge in [0.15, 0.2) is 0 Å². The summed E-state index contributed by atoms with van der Waals surface area (Å²) in [5, 5.41) is 2.88. The van der Waals surface area contributed by atoms with E-state index < -0.39 is 6.36 Å². The Morgan fingerprint density at radius 2 is 1.95 bits per heavy atom. The van der Waals surface area contributed by atoms with Crippen molar-refractivity contribution in [2.24, 2.45) is 0 Å². The highest BCUT2D eigenvalue weighted by Crippen LogP contribution is 2.23. The molecule has 7 heteroatoms. The molecule has 21 heavy (non-hydrogen) atoms. The first kappa shape index (κ1) is 15.6. The highest BCUT2D eigenvalue weighted by Gasteiger charge is 2.31. The van der Waals surface area contributed by atoms with Crippen molar-refractivity contribution in [1.82, 2.24) is 10.2 Å². The normalized spacial score (nSPS) is 15.1. The van der Waals surface area contributed by atoms with E-state index >= 15 is 0 Å². The number of nitrogens with one attached hydrogen (secondary N) is 1. The number of rotatable bonds is 6. The molecule has 1 amide bonds. The van der Waals surface area contributed by atoms with E-state index in [1.54, 1.807) is 24.1 Å². The molecule has 0 atom stereocenters. The molecule has 0 aliphatic heterocycles. The molecule has 2 rings (SSSR count). The summed E-state index contributed by atoms with van der Waals surface area (Å²) < 4.78 is 39.9. The fraction of sp³-hybridized carbons (Fsp3) is 0.500. The molecule has 0 spiro atoms.